The van der Waals surface area contributed by atoms with Crippen LogP contribution < -0.4 is 5.32 Å². The summed E-state index contributed by atoms with van der Waals surface area (Å²) in [5.74, 6) is -0.333. The van der Waals surface area contributed by atoms with Crippen LogP contribution in [0.5, 0.6) is 0 Å². The molecule has 1 aromatic rings. The van der Waals surface area contributed by atoms with Gasteiger partial charge in [0.1, 0.15) is 6.54 Å². The molecule has 13 heavy (non-hydrogen) atoms. The second kappa shape index (κ2) is 4.67. The van der Waals surface area contributed by atoms with Crippen molar-refractivity contribution in [3.05, 3.63) is 23.5 Å². The molecule has 0 aliphatic carbocycles. The number of rotatable bonds is 3. The average Bonchev–Trinajstić information content (AvgIpc) is 2.14. The van der Waals surface area contributed by atoms with Crippen molar-refractivity contribution >= 4 is 23.3 Å². The molecule has 0 saturated heterocycles. The number of nitrogens with one attached hydrogen (secondary N) is 1. The molecule has 0 bridgehead atoms. The van der Waals surface area contributed by atoms with Crippen molar-refractivity contribution < 1.29 is 9.53 Å². The molecular formula is C8H9ClN2O2. The summed E-state index contributed by atoms with van der Waals surface area (Å²) in [6, 6.07) is 1.68. The quantitative estimate of drug-likeness (QED) is 0.748. The molecule has 1 N–H and O–H groups in total. The third-order valence-corrected chi connectivity index (χ3v) is 1.58. The Hall–Kier alpha value is -1.29. The Morgan fingerprint density at radius 2 is 2.46 bits per heavy atom. The highest BCUT2D eigenvalue weighted by molar-refractivity contribution is 6.30. The van der Waals surface area contributed by atoms with Gasteiger partial charge in [-0.25, -0.2) is 0 Å². The second-order valence-corrected chi connectivity index (χ2v) is 2.76. The summed E-state index contributed by atoms with van der Waals surface area (Å²) in [6.45, 7) is 0.110. The lowest BCUT2D eigenvalue weighted by Crippen LogP contribution is -2.14. The SMILES string of the molecule is COC(=O)CNc1cncc(Cl)c1. The van der Waals surface area contributed by atoms with Crippen molar-refractivity contribution in [1.82, 2.24) is 4.98 Å². The van der Waals surface area contributed by atoms with E-state index in [1.807, 2.05) is 0 Å². The minimum Gasteiger partial charge on any atom is -0.468 e. The highest BCUT2D eigenvalue weighted by Gasteiger charge is 1.99. The molecule has 0 aliphatic heterocycles. The lowest BCUT2D eigenvalue weighted by Gasteiger charge is -2.03. The average molecular weight is 201 g/mol. The monoisotopic (exact) mass is 200 g/mol. The summed E-state index contributed by atoms with van der Waals surface area (Å²) in [5, 5.41) is 3.34. The van der Waals surface area contributed by atoms with Crippen molar-refractivity contribution in [2.24, 2.45) is 0 Å². The number of methoxy groups -OCH3 is 1. The topological polar surface area (TPSA) is 51.2 Å². The smallest absolute Gasteiger partial charge is 0.325 e. The van der Waals surface area contributed by atoms with E-state index in [9.17, 15) is 4.79 Å². The highest BCUT2D eigenvalue weighted by atomic mass is 35.5. The minimum absolute atomic E-state index is 0.110. The van der Waals surface area contributed by atoms with Gasteiger partial charge in [-0.2, -0.15) is 0 Å². The molecule has 0 saturated carbocycles. The summed E-state index contributed by atoms with van der Waals surface area (Å²) in [4.78, 5) is 14.6. The largest absolute Gasteiger partial charge is 0.468 e. The van der Waals surface area contributed by atoms with Gasteiger partial charge in [-0.15, -0.1) is 0 Å². The van der Waals surface area contributed by atoms with Gasteiger partial charge in [0, 0.05) is 6.20 Å². The first-order valence-electron chi connectivity index (χ1n) is 3.63. The number of ether oxygens (including phenoxy) is 1. The third kappa shape index (κ3) is 3.29. The molecule has 70 valence electrons. The van der Waals surface area contributed by atoms with E-state index >= 15 is 0 Å². The first-order chi connectivity index (χ1) is 6.22. The van der Waals surface area contributed by atoms with Gasteiger partial charge in [-0.1, -0.05) is 11.6 Å². The van der Waals surface area contributed by atoms with Gasteiger partial charge in [0.2, 0.25) is 0 Å². The molecule has 0 atom stereocenters. The Morgan fingerprint density at radius 3 is 3.08 bits per heavy atom. The number of anilines is 1. The minimum atomic E-state index is -0.333. The summed E-state index contributed by atoms with van der Waals surface area (Å²) >= 11 is 5.68. The van der Waals surface area contributed by atoms with Gasteiger partial charge in [-0.3, -0.25) is 9.78 Å². The molecule has 5 heteroatoms. The number of hydrogen-bond acceptors (Lipinski definition) is 4. The molecule has 0 aromatic carbocycles. The van der Waals surface area contributed by atoms with Gasteiger partial charge in [0.15, 0.2) is 0 Å². The predicted octanol–water partition coefficient (Wildman–Crippen LogP) is 1.32. The van der Waals surface area contributed by atoms with Crippen LogP contribution in [0, 0.1) is 0 Å². The van der Waals surface area contributed by atoms with E-state index in [4.69, 9.17) is 11.6 Å². The number of esters is 1. The number of hydrogen-bond donors (Lipinski definition) is 1. The number of nitrogens with zero attached hydrogens (tertiary/aromatic N) is 1. The van der Waals surface area contributed by atoms with Crippen molar-refractivity contribution in [3.63, 3.8) is 0 Å². The second-order valence-electron chi connectivity index (χ2n) is 2.32. The Balaban J connectivity index is 2.50. The standard InChI is InChI=1S/C8H9ClN2O2/c1-13-8(12)5-11-7-2-6(9)3-10-4-7/h2-4,11H,5H2,1H3. The zero-order chi connectivity index (χ0) is 9.68. The van der Waals surface area contributed by atoms with Crippen LogP contribution in [-0.2, 0) is 9.53 Å². The number of aromatic nitrogens is 1. The lowest BCUT2D eigenvalue weighted by molar-refractivity contribution is -0.138. The zero-order valence-electron chi connectivity index (χ0n) is 7.08. The summed E-state index contributed by atoms with van der Waals surface area (Å²) in [5.41, 5.74) is 0.693. The zero-order valence-corrected chi connectivity index (χ0v) is 7.84. The maximum Gasteiger partial charge on any atom is 0.325 e. The third-order valence-electron chi connectivity index (χ3n) is 1.37. The van der Waals surface area contributed by atoms with Crippen molar-refractivity contribution in [1.29, 1.82) is 0 Å². The van der Waals surface area contributed by atoms with Crippen LogP contribution in [0.2, 0.25) is 5.02 Å². The van der Waals surface area contributed by atoms with Crippen molar-refractivity contribution in [2.75, 3.05) is 19.0 Å². The van der Waals surface area contributed by atoms with Gasteiger partial charge >= 0.3 is 5.97 Å². The Bertz CT molecular complexity index is 304. The molecule has 0 amide bonds. The summed E-state index contributed by atoms with van der Waals surface area (Å²) < 4.78 is 4.45. The van der Waals surface area contributed by atoms with Crippen LogP contribution in [0.3, 0.4) is 0 Å². The number of pyridine rings is 1. The Labute approximate surface area is 80.9 Å². The predicted molar refractivity (Wildman–Crippen MR) is 49.8 cm³/mol. The van der Waals surface area contributed by atoms with Crippen molar-refractivity contribution in [3.8, 4) is 0 Å². The number of carbonyl (C=O) groups excluding carboxylic acids is 1. The normalized spacial score (nSPS) is 9.38. The van der Waals surface area contributed by atoms with Crippen LogP contribution in [0.25, 0.3) is 0 Å². The highest BCUT2D eigenvalue weighted by Crippen LogP contribution is 2.12. The van der Waals surface area contributed by atoms with E-state index < -0.39 is 0 Å². The van der Waals surface area contributed by atoms with Gasteiger partial charge in [0.25, 0.3) is 0 Å². The van der Waals surface area contributed by atoms with E-state index in [0.717, 1.165) is 0 Å². The van der Waals surface area contributed by atoms with Crippen LogP contribution >= 0.6 is 11.6 Å². The Morgan fingerprint density at radius 1 is 1.69 bits per heavy atom. The van der Waals surface area contributed by atoms with Crippen LogP contribution in [0.4, 0.5) is 5.69 Å². The first-order valence-corrected chi connectivity index (χ1v) is 4.01. The maximum atomic E-state index is 10.7. The fourth-order valence-electron chi connectivity index (χ4n) is 0.755. The lowest BCUT2D eigenvalue weighted by atomic mass is 10.4. The van der Waals surface area contributed by atoms with Gasteiger partial charge in [0.05, 0.1) is 24.0 Å². The molecule has 0 aliphatic rings. The molecule has 0 spiro atoms. The molecule has 4 nitrogen and oxygen atoms in total. The molecule has 1 aromatic heterocycles. The number of halogens is 1. The maximum absolute atomic E-state index is 10.7. The van der Waals surface area contributed by atoms with Crippen LogP contribution in [0.1, 0.15) is 0 Å². The van der Waals surface area contributed by atoms with Gasteiger partial charge in [-0.05, 0) is 6.07 Å². The molecule has 1 heterocycles. The first kappa shape index (κ1) is 9.80. The molecular weight excluding hydrogens is 192 g/mol. The van der Waals surface area contributed by atoms with Crippen molar-refractivity contribution in [2.45, 2.75) is 0 Å². The summed E-state index contributed by atoms with van der Waals surface area (Å²) in [6.07, 6.45) is 3.10. The van der Waals surface area contributed by atoms with Crippen LogP contribution in [-0.4, -0.2) is 24.6 Å². The number of carbonyl (C=O) groups is 1. The fourth-order valence-corrected chi connectivity index (χ4v) is 0.929. The van der Waals surface area contributed by atoms with E-state index in [2.05, 4.69) is 15.0 Å². The molecule has 0 radical (unpaired) electrons. The van der Waals surface area contributed by atoms with Gasteiger partial charge < -0.3 is 10.1 Å². The Kier molecular flexibility index (Phi) is 3.52. The fraction of sp³-hybridized carbons (Fsp3) is 0.250. The van der Waals surface area contributed by atoms with Crippen LogP contribution in [0.15, 0.2) is 18.5 Å². The molecule has 0 unspecified atom stereocenters. The van der Waals surface area contributed by atoms with E-state index in [0.29, 0.717) is 10.7 Å². The molecule has 1 rings (SSSR count). The molecule has 0 fully saturated rings. The van der Waals surface area contributed by atoms with E-state index in [1.165, 1.54) is 13.3 Å². The van der Waals surface area contributed by atoms with E-state index in [1.54, 1.807) is 12.3 Å². The van der Waals surface area contributed by atoms with E-state index in [-0.39, 0.29) is 12.5 Å². The summed E-state index contributed by atoms with van der Waals surface area (Å²) in [7, 11) is 1.33.